The Morgan fingerprint density at radius 2 is 1.72 bits per heavy atom. The molecule has 3 aromatic rings. The van der Waals surface area contributed by atoms with E-state index in [4.69, 9.17) is 14.2 Å². The Labute approximate surface area is 176 Å². The number of methoxy groups -OCH3 is 2. The predicted octanol–water partition coefficient (Wildman–Crippen LogP) is 4.27. The second-order valence-electron chi connectivity index (χ2n) is 5.88. The molecule has 0 unspecified atom stereocenters. The number of benzene rings is 2. The fraction of sp³-hybridized carbons (Fsp3) is 0.190. The van der Waals surface area contributed by atoms with Crippen LogP contribution in [0.3, 0.4) is 0 Å². The van der Waals surface area contributed by atoms with E-state index in [9.17, 15) is 9.59 Å². The first-order chi connectivity index (χ1) is 14.0. The van der Waals surface area contributed by atoms with Gasteiger partial charge in [0.25, 0.3) is 0 Å². The molecule has 0 saturated heterocycles. The summed E-state index contributed by atoms with van der Waals surface area (Å²) in [6.45, 7) is 2.40. The van der Waals surface area contributed by atoms with E-state index in [2.05, 4.69) is 21.0 Å². The molecular weight excluding hydrogens is 440 g/mol. The van der Waals surface area contributed by atoms with Gasteiger partial charge in [-0.25, -0.2) is 14.3 Å². The van der Waals surface area contributed by atoms with Crippen LogP contribution in [-0.2, 0) is 9.47 Å². The van der Waals surface area contributed by atoms with E-state index in [0.29, 0.717) is 33.8 Å². The summed E-state index contributed by atoms with van der Waals surface area (Å²) in [5.41, 5.74) is 1.53. The largest absolute Gasteiger partial charge is 0.493 e. The summed E-state index contributed by atoms with van der Waals surface area (Å²) in [6.07, 6.45) is 0. The highest BCUT2D eigenvalue weighted by molar-refractivity contribution is 9.10. The van der Waals surface area contributed by atoms with Crippen molar-refractivity contribution >= 4 is 27.9 Å². The Bertz CT molecular complexity index is 1050. The Hall–Kier alpha value is -3.13. The van der Waals surface area contributed by atoms with Crippen LogP contribution in [0.15, 0.2) is 53.0 Å². The maximum Gasteiger partial charge on any atom is 0.357 e. The minimum Gasteiger partial charge on any atom is -0.493 e. The standard InChI is InChI=1S/C21H19BrN2O5/c1-4-29-16-11-10-13(12-15(16)22)18-17(20(25)27-2)19(21(26)28-3)24(23-18)14-8-6-5-7-9-14/h5-12H,4H2,1-3H3. The average Bonchev–Trinajstić information content (AvgIpc) is 3.15. The topological polar surface area (TPSA) is 79.7 Å². The number of hydrogen-bond donors (Lipinski definition) is 0. The average molecular weight is 459 g/mol. The molecule has 0 saturated carbocycles. The van der Waals surface area contributed by atoms with Gasteiger partial charge >= 0.3 is 11.9 Å². The highest BCUT2D eigenvalue weighted by Gasteiger charge is 2.31. The number of para-hydroxylation sites is 1. The van der Waals surface area contributed by atoms with E-state index in [-0.39, 0.29) is 11.3 Å². The van der Waals surface area contributed by atoms with Crippen LogP contribution >= 0.6 is 15.9 Å². The van der Waals surface area contributed by atoms with Gasteiger partial charge in [-0.2, -0.15) is 5.10 Å². The van der Waals surface area contributed by atoms with Gasteiger partial charge in [0.1, 0.15) is 17.0 Å². The molecule has 0 aliphatic rings. The maximum absolute atomic E-state index is 12.6. The van der Waals surface area contributed by atoms with Crippen LogP contribution < -0.4 is 4.74 Å². The van der Waals surface area contributed by atoms with E-state index in [1.54, 1.807) is 30.3 Å². The van der Waals surface area contributed by atoms with Gasteiger partial charge in [-0.3, -0.25) is 0 Å². The molecule has 0 aliphatic heterocycles. The molecule has 150 valence electrons. The predicted molar refractivity (Wildman–Crippen MR) is 111 cm³/mol. The van der Waals surface area contributed by atoms with Crippen molar-refractivity contribution in [2.75, 3.05) is 20.8 Å². The molecule has 0 N–H and O–H groups in total. The first-order valence-electron chi connectivity index (χ1n) is 8.79. The van der Waals surface area contributed by atoms with Gasteiger partial charge in [0, 0.05) is 5.56 Å². The third-order valence-corrected chi connectivity index (χ3v) is 4.78. The van der Waals surface area contributed by atoms with E-state index < -0.39 is 11.9 Å². The minimum atomic E-state index is -0.696. The number of rotatable bonds is 6. The zero-order valence-electron chi connectivity index (χ0n) is 16.1. The van der Waals surface area contributed by atoms with E-state index in [0.717, 1.165) is 0 Å². The first kappa shape index (κ1) is 20.6. The van der Waals surface area contributed by atoms with E-state index >= 15 is 0 Å². The highest BCUT2D eigenvalue weighted by atomic mass is 79.9. The number of ether oxygens (including phenoxy) is 3. The van der Waals surface area contributed by atoms with Crippen LogP contribution in [0, 0.1) is 0 Å². The quantitative estimate of drug-likeness (QED) is 0.513. The van der Waals surface area contributed by atoms with Crippen molar-refractivity contribution in [3.8, 4) is 22.7 Å². The van der Waals surface area contributed by atoms with Crippen molar-refractivity contribution in [3.05, 3.63) is 64.3 Å². The summed E-state index contributed by atoms with van der Waals surface area (Å²) < 4.78 is 17.5. The van der Waals surface area contributed by atoms with Crippen molar-refractivity contribution in [2.45, 2.75) is 6.92 Å². The number of halogens is 1. The number of hydrogen-bond acceptors (Lipinski definition) is 6. The van der Waals surface area contributed by atoms with Crippen molar-refractivity contribution in [3.63, 3.8) is 0 Å². The maximum atomic E-state index is 12.6. The Balaban J connectivity index is 2.29. The van der Waals surface area contributed by atoms with Gasteiger partial charge in [-0.15, -0.1) is 0 Å². The molecule has 2 aromatic carbocycles. The van der Waals surface area contributed by atoms with Gasteiger partial charge in [0.15, 0.2) is 5.69 Å². The number of nitrogens with zero attached hydrogens (tertiary/aromatic N) is 2. The SMILES string of the molecule is CCOc1ccc(-c2nn(-c3ccccc3)c(C(=O)OC)c2C(=O)OC)cc1Br. The first-order valence-corrected chi connectivity index (χ1v) is 9.58. The van der Waals surface area contributed by atoms with Crippen LogP contribution in [-0.4, -0.2) is 42.5 Å². The zero-order valence-corrected chi connectivity index (χ0v) is 17.7. The molecule has 0 radical (unpaired) electrons. The van der Waals surface area contributed by atoms with Crippen molar-refractivity contribution < 1.29 is 23.8 Å². The Morgan fingerprint density at radius 3 is 2.31 bits per heavy atom. The van der Waals surface area contributed by atoms with Gasteiger partial charge in [-0.1, -0.05) is 18.2 Å². The summed E-state index contributed by atoms with van der Waals surface area (Å²) >= 11 is 3.47. The summed E-state index contributed by atoms with van der Waals surface area (Å²) in [5, 5.41) is 4.56. The molecule has 0 fully saturated rings. The molecule has 1 heterocycles. The van der Waals surface area contributed by atoms with Crippen LogP contribution in [0.4, 0.5) is 0 Å². The third-order valence-electron chi connectivity index (χ3n) is 4.16. The molecule has 0 atom stereocenters. The normalized spacial score (nSPS) is 10.5. The lowest BCUT2D eigenvalue weighted by Gasteiger charge is -2.08. The van der Waals surface area contributed by atoms with E-state index in [1.165, 1.54) is 18.9 Å². The Kier molecular flexibility index (Phi) is 6.33. The number of carbonyl (C=O) groups is 2. The van der Waals surface area contributed by atoms with Crippen molar-refractivity contribution in [2.24, 2.45) is 0 Å². The monoisotopic (exact) mass is 458 g/mol. The Morgan fingerprint density at radius 1 is 1.03 bits per heavy atom. The molecular formula is C21H19BrN2O5. The molecule has 0 bridgehead atoms. The highest BCUT2D eigenvalue weighted by Crippen LogP contribution is 2.34. The zero-order chi connectivity index (χ0) is 21.0. The molecule has 29 heavy (non-hydrogen) atoms. The number of carbonyl (C=O) groups excluding carboxylic acids is 2. The molecule has 0 spiro atoms. The van der Waals surface area contributed by atoms with Crippen LogP contribution in [0.1, 0.15) is 27.8 Å². The summed E-state index contributed by atoms with van der Waals surface area (Å²) in [5.74, 6) is -0.725. The molecule has 0 aliphatic carbocycles. The number of esters is 2. The summed E-state index contributed by atoms with van der Waals surface area (Å²) in [6, 6.07) is 14.3. The fourth-order valence-electron chi connectivity index (χ4n) is 2.88. The van der Waals surface area contributed by atoms with Crippen LogP contribution in [0.2, 0.25) is 0 Å². The second kappa shape index (κ2) is 8.91. The van der Waals surface area contributed by atoms with E-state index in [1.807, 2.05) is 25.1 Å². The van der Waals surface area contributed by atoms with Gasteiger partial charge in [-0.05, 0) is 53.2 Å². The molecule has 3 rings (SSSR count). The number of aromatic nitrogens is 2. The lowest BCUT2D eigenvalue weighted by molar-refractivity contribution is 0.0549. The summed E-state index contributed by atoms with van der Waals surface area (Å²) in [7, 11) is 2.50. The van der Waals surface area contributed by atoms with Gasteiger partial charge < -0.3 is 14.2 Å². The lowest BCUT2D eigenvalue weighted by Crippen LogP contribution is -2.15. The summed E-state index contributed by atoms with van der Waals surface area (Å²) in [4.78, 5) is 25.2. The molecule has 0 amide bonds. The van der Waals surface area contributed by atoms with Crippen molar-refractivity contribution in [1.82, 2.24) is 9.78 Å². The van der Waals surface area contributed by atoms with Gasteiger partial charge in [0.05, 0.1) is 31.0 Å². The second-order valence-corrected chi connectivity index (χ2v) is 6.74. The smallest absolute Gasteiger partial charge is 0.357 e. The van der Waals surface area contributed by atoms with Gasteiger partial charge in [0.2, 0.25) is 0 Å². The molecule has 1 aromatic heterocycles. The minimum absolute atomic E-state index is 0.00874. The molecule has 8 heteroatoms. The van der Waals surface area contributed by atoms with Crippen molar-refractivity contribution in [1.29, 1.82) is 0 Å². The molecule has 7 nitrogen and oxygen atoms in total. The van der Waals surface area contributed by atoms with Crippen LogP contribution in [0.5, 0.6) is 5.75 Å². The third kappa shape index (κ3) is 4.02. The fourth-order valence-corrected chi connectivity index (χ4v) is 3.37. The van der Waals surface area contributed by atoms with Crippen LogP contribution in [0.25, 0.3) is 16.9 Å². The lowest BCUT2D eigenvalue weighted by atomic mass is 10.1.